The minimum Gasteiger partial charge on any atom is -0.366 e. The molecule has 1 aliphatic heterocycles. The SMILES string of the molecule is CC(C)N(Cc1ccccc1)C(=O)C(=O)N1CCN(c2ccccc2F)CC1. The smallest absolute Gasteiger partial charge is 0.312 e. The third kappa shape index (κ3) is 4.50. The third-order valence-corrected chi connectivity index (χ3v) is 5.02. The normalized spacial score (nSPS) is 14.3. The van der Waals surface area contributed by atoms with Crippen molar-refractivity contribution in [3.63, 3.8) is 0 Å². The summed E-state index contributed by atoms with van der Waals surface area (Å²) in [4.78, 5) is 30.7. The van der Waals surface area contributed by atoms with E-state index in [1.807, 2.05) is 49.1 Å². The second-order valence-corrected chi connectivity index (χ2v) is 7.24. The number of carbonyl (C=O) groups is 2. The van der Waals surface area contributed by atoms with Crippen LogP contribution in [0, 0.1) is 5.82 Å². The number of anilines is 1. The molecular formula is C22H26FN3O2. The van der Waals surface area contributed by atoms with Crippen molar-refractivity contribution in [1.29, 1.82) is 0 Å². The van der Waals surface area contributed by atoms with Gasteiger partial charge in [0.05, 0.1) is 5.69 Å². The van der Waals surface area contributed by atoms with Crippen molar-refractivity contribution in [2.45, 2.75) is 26.4 Å². The highest BCUT2D eigenvalue weighted by Crippen LogP contribution is 2.20. The average molecular weight is 383 g/mol. The van der Waals surface area contributed by atoms with Crippen LogP contribution in [-0.4, -0.2) is 53.8 Å². The van der Waals surface area contributed by atoms with Gasteiger partial charge in [0.2, 0.25) is 0 Å². The van der Waals surface area contributed by atoms with Crippen LogP contribution < -0.4 is 4.90 Å². The Morgan fingerprint density at radius 3 is 2.18 bits per heavy atom. The summed E-state index contributed by atoms with van der Waals surface area (Å²) in [5.41, 5.74) is 1.52. The molecule has 0 spiro atoms. The highest BCUT2D eigenvalue weighted by atomic mass is 19.1. The van der Waals surface area contributed by atoms with Gasteiger partial charge in [-0.15, -0.1) is 0 Å². The van der Waals surface area contributed by atoms with Crippen molar-refractivity contribution in [2.24, 2.45) is 0 Å². The van der Waals surface area contributed by atoms with Crippen LogP contribution >= 0.6 is 0 Å². The summed E-state index contributed by atoms with van der Waals surface area (Å²) in [6.07, 6.45) is 0. The Morgan fingerprint density at radius 1 is 0.964 bits per heavy atom. The molecule has 5 nitrogen and oxygen atoms in total. The van der Waals surface area contributed by atoms with E-state index in [0.29, 0.717) is 38.4 Å². The Morgan fingerprint density at radius 2 is 1.57 bits per heavy atom. The average Bonchev–Trinajstić information content (AvgIpc) is 2.72. The quantitative estimate of drug-likeness (QED) is 0.763. The molecule has 0 aromatic heterocycles. The van der Waals surface area contributed by atoms with Crippen LogP contribution in [0.2, 0.25) is 0 Å². The molecule has 0 unspecified atom stereocenters. The van der Waals surface area contributed by atoms with E-state index in [9.17, 15) is 14.0 Å². The summed E-state index contributed by atoms with van der Waals surface area (Å²) in [7, 11) is 0. The van der Waals surface area contributed by atoms with E-state index in [2.05, 4.69) is 0 Å². The molecule has 0 radical (unpaired) electrons. The molecule has 6 heteroatoms. The number of halogens is 1. The van der Waals surface area contributed by atoms with Crippen molar-refractivity contribution < 1.29 is 14.0 Å². The van der Waals surface area contributed by atoms with Crippen LogP contribution in [0.5, 0.6) is 0 Å². The van der Waals surface area contributed by atoms with Gasteiger partial charge in [0, 0.05) is 38.8 Å². The molecule has 1 heterocycles. The topological polar surface area (TPSA) is 43.9 Å². The van der Waals surface area contributed by atoms with Crippen LogP contribution in [0.4, 0.5) is 10.1 Å². The van der Waals surface area contributed by atoms with E-state index in [0.717, 1.165) is 5.56 Å². The first-order chi connectivity index (χ1) is 13.5. The van der Waals surface area contributed by atoms with Gasteiger partial charge in [0.15, 0.2) is 0 Å². The highest BCUT2D eigenvalue weighted by Gasteiger charge is 2.31. The number of amides is 2. The van der Waals surface area contributed by atoms with Gasteiger partial charge in [-0.1, -0.05) is 42.5 Å². The molecule has 1 saturated heterocycles. The van der Waals surface area contributed by atoms with Crippen molar-refractivity contribution >= 4 is 17.5 Å². The number of hydrogen-bond acceptors (Lipinski definition) is 3. The lowest BCUT2D eigenvalue weighted by Crippen LogP contribution is -2.54. The third-order valence-electron chi connectivity index (χ3n) is 5.02. The van der Waals surface area contributed by atoms with Gasteiger partial charge in [-0.3, -0.25) is 9.59 Å². The fourth-order valence-corrected chi connectivity index (χ4v) is 3.39. The van der Waals surface area contributed by atoms with Crippen LogP contribution in [-0.2, 0) is 16.1 Å². The zero-order valence-electron chi connectivity index (χ0n) is 16.3. The summed E-state index contributed by atoms with van der Waals surface area (Å²) in [6.45, 7) is 6.01. The van der Waals surface area contributed by atoms with Gasteiger partial charge in [-0.05, 0) is 31.5 Å². The zero-order valence-corrected chi connectivity index (χ0v) is 16.3. The van der Waals surface area contributed by atoms with Crippen LogP contribution in [0.25, 0.3) is 0 Å². The molecule has 0 atom stereocenters. The Labute approximate surface area is 165 Å². The van der Waals surface area contributed by atoms with E-state index in [1.54, 1.807) is 28.0 Å². The number of nitrogens with zero attached hydrogens (tertiary/aromatic N) is 3. The van der Waals surface area contributed by atoms with Gasteiger partial charge in [0.25, 0.3) is 0 Å². The van der Waals surface area contributed by atoms with Crippen molar-refractivity contribution in [3.8, 4) is 0 Å². The second-order valence-electron chi connectivity index (χ2n) is 7.24. The second kappa shape index (κ2) is 8.87. The Kier molecular flexibility index (Phi) is 6.29. The summed E-state index contributed by atoms with van der Waals surface area (Å²) >= 11 is 0. The summed E-state index contributed by atoms with van der Waals surface area (Å²) < 4.78 is 14.0. The molecule has 148 valence electrons. The Hall–Kier alpha value is -2.89. The maximum Gasteiger partial charge on any atom is 0.312 e. The molecule has 3 rings (SSSR count). The van der Waals surface area contributed by atoms with Gasteiger partial charge >= 0.3 is 11.8 Å². The first-order valence-corrected chi connectivity index (χ1v) is 9.60. The molecular weight excluding hydrogens is 357 g/mol. The number of hydrogen-bond donors (Lipinski definition) is 0. The lowest BCUT2D eigenvalue weighted by molar-refractivity contribution is -0.153. The Balaban J connectivity index is 1.63. The minimum atomic E-state index is -0.488. The minimum absolute atomic E-state index is 0.0867. The van der Waals surface area contributed by atoms with E-state index in [1.165, 1.54) is 6.07 Å². The monoisotopic (exact) mass is 383 g/mol. The van der Waals surface area contributed by atoms with E-state index < -0.39 is 11.8 Å². The lowest BCUT2D eigenvalue weighted by Gasteiger charge is -2.37. The van der Waals surface area contributed by atoms with Crippen LogP contribution in [0.1, 0.15) is 19.4 Å². The fourth-order valence-electron chi connectivity index (χ4n) is 3.39. The molecule has 1 fully saturated rings. The summed E-state index contributed by atoms with van der Waals surface area (Å²) in [5, 5.41) is 0. The molecule has 2 amide bonds. The predicted molar refractivity (Wildman–Crippen MR) is 107 cm³/mol. The molecule has 28 heavy (non-hydrogen) atoms. The maximum absolute atomic E-state index is 14.0. The van der Waals surface area contributed by atoms with Crippen LogP contribution in [0.15, 0.2) is 54.6 Å². The standard InChI is InChI=1S/C22H26FN3O2/c1-17(2)26(16-18-8-4-3-5-9-18)22(28)21(27)25-14-12-24(13-15-25)20-11-7-6-10-19(20)23/h3-11,17H,12-16H2,1-2H3. The van der Waals surface area contributed by atoms with Gasteiger partial charge in [-0.2, -0.15) is 0 Å². The van der Waals surface area contributed by atoms with Crippen LogP contribution in [0.3, 0.4) is 0 Å². The van der Waals surface area contributed by atoms with Crippen molar-refractivity contribution in [1.82, 2.24) is 9.80 Å². The largest absolute Gasteiger partial charge is 0.366 e. The van der Waals surface area contributed by atoms with E-state index >= 15 is 0 Å². The zero-order chi connectivity index (χ0) is 20.1. The van der Waals surface area contributed by atoms with Crippen molar-refractivity contribution in [3.05, 3.63) is 66.0 Å². The molecule has 0 N–H and O–H groups in total. The molecule has 0 bridgehead atoms. The van der Waals surface area contributed by atoms with Crippen molar-refractivity contribution in [2.75, 3.05) is 31.1 Å². The molecule has 0 aliphatic carbocycles. The number of para-hydroxylation sites is 1. The van der Waals surface area contributed by atoms with Gasteiger partial charge in [0.1, 0.15) is 5.82 Å². The molecule has 2 aromatic rings. The predicted octanol–water partition coefficient (Wildman–Crippen LogP) is 2.91. The van der Waals surface area contributed by atoms with E-state index in [-0.39, 0.29) is 11.9 Å². The van der Waals surface area contributed by atoms with Gasteiger partial charge < -0.3 is 14.7 Å². The molecule has 2 aromatic carbocycles. The first kappa shape index (κ1) is 19.9. The number of piperazine rings is 1. The molecule has 1 aliphatic rings. The number of carbonyl (C=O) groups excluding carboxylic acids is 2. The summed E-state index contributed by atoms with van der Waals surface area (Å²) in [6, 6.07) is 16.2. The maximum atomic E-state index is 14.0. The Bertz CT molecular complexity index is 818. The number of rotatable bonds is 4. The lowest BCUT2D eigenvalue weighted by atomic mass is 10.1. The first-order valence-electron chi connectivity index (χ1n) is 9.60. The van der Waals surface area contributed by atoms with Gasteiger partial charge in [-0.25, -0.2) is 4.39 Å². The van der Waals surface area contributed by atoms with E-state index in [4.69, 9.17) is 0 Å². The fraction of sp³-hybridized carbons (Fsp3) is 0.364. The highest BCUT2D eigenvalue weighted by molar-refractivity contribution is 6.35. The summed E-state index contributed by atoms with van der Waals surface area (Å²) in [5.74, 6) is -1.25. The number of benzene rings is 2. The molecule has 0 saturated carbocycles.